The maximum Gasteiger partial charge on any atom is 0.258 e. The summed E-state index contributed by atoms with van der Waals surface area (Å²) in [5.74, 6) is -1.21. The highest BCUT2D eigenvalue weighted by Crippen LogP contribution is 2.30. The lowest BCUT2D eigenvalue weighted by Gasteiger charge is -2.22. The van der Waals surface area contributed by atoms with Crippen molar-refractivity contribution in [2.75, 3.05) is 12.4 Å². The topological polar surface area (TPSA) is 63.2 Å². The Morgan fingerprint density at radius 1 is 1.21 bits per heavy atom. The Morgan fingerprint density at radius 2 is 2.04 bits per heavy atom. The molecule has 2 aromatic carbocycles. The Morgan fingerprint density at radius 3 is 2.86 bits per heavy atom. The second-order valence-electron chi connectivity index (χ2n) is 6.71. The van der Waals surface area contributed by atoms with Crippen LogP contribution in [0.1, 0.15) is 29.6 Å². The molecule has 1 aromatic heterocycles. The molecule has 0 spiro atoms. The first-order valence-corrected chi connectivity index (χ1v) is 9.83. The van der Waals surface area contributed by atoms with Gasteiger partial charge >= 0.3 is 0 Å². The lowest BCUT2D eigenvalue weighted by atomic mass is 10.1. The fourth-order valence-electron chi connectivity index (χ4n) is 3.56. The minimum atomic E-state index is -0.618. The van der Waals surface area contributed by atoms with Crippen LogP contribution in [0.5, 0.6) is 5.75 Å². The minimum absolute atomic E-state index is 0.0351. The number of methoxy groups -OCH3 is 1. The van der Waals surface area contributed by atoms with E-state index in [0.717, 1.165) is 29.5 Å². The molecule has 1 fully saturated rings. The molecule has 5 nitrogen and oxygen atoms in total. The number of nitrogens with one attached hydrogen (secondary N) is 2. The van der Waals surface area contributed by atoms with Gasteiger partial charge in [0.25, 0.3) is 5.91 Å². The largest absolute Gasteiger partial charge is 0.496 e. The van der Waals surface area contributed by atoms with Gasteiger partial charge in [0.1, 0.15) is 22.9 Å². The first-order chi connectivity index (χ1) is 13.5. The molecule has 8 heteroatoms. The zero-order valence-corrected chi connectivity index (χ0v) is 16.0. The smallest absolute Gasteiger partial charge is 0.258 e. The van der Waals surface area contributed by atoms with Crippen LogP contribution in [0.15, 0.2) is 36.4 Å². The average Bonchev–Trinajstić information content (AvgIpc) is 3.27. The highest BCUT2D eigenvalue weighted by molar-refractivity contribution is 7.22. The summed E-state index contributed by atoms with van der Waals surface area (Å²) in [6.07, 6.45) is 2.56. The van der Waals surface area contributed by atoms with E-state index in [-0.39, 0.29) is 29.2 Å². The van der Waals surface area contributed by atoms with E-state index in [1.54, 1.807) is 12.1 Å². The van der Waals surface area contributed by atoms with Crippen LogP contribution < -0.4 is 15.4 Å². The number of thiazole rings is 1. The molecule has 1 saturated carbocycles. The molecule has 4 rings (SSSR count). The molecule has 28 heavy (non-hydrogen) atoms. The number of fused-ring (bicyclic) bond motifs is 1. The Labute approximate surface area is 164 Å². The number of benzene rings is 2. The molecule has 0 bridgehead atoms. The molecule has 1 aliphatic rings. The fourth-order valence-corrected chi connectivity index (χ4v) is 4.51. The van der Waals surface area contributed by atoms with Crippen molar-refractivity contribution in [3.05, 3.63) is 53.6 Å². The number of ether oxygens (including phenoxy) is 1. The van der Waals surface area contributed by atoms with Crippen molar-refractivity contribution in [3.8, 4) is 5.75 Å². The lowest BCUT2D eigenvalue weighted by Crippen LogP contribution is -2.43. The molecule has 2 atom stereocenters. The van der Waals surface area contributed by atoms with Gasteiger partial charge in [-0.05, 0) is 49.6 Å². The van der Waals surface area contributed by atoms with Crippen LogP contribution in [0.2, 0.25) is 0 Å². The minimum Gasteiger partial charge on any atom is -0.496 e. The number of amides is 1. The van der Waals surface area contributed by atoms with E-state index in [1.165, 1.54) is 42.7 Å². The van der Waals surface area contributed by atoms with Crippen molar-refractivity contribution in [2.24, 2.45) is 0 Å². The van der Waals surface area contributed by atoms with Gasteiger partial charge in [-0.1, -0.05) is 17.4 Å². The van der Waals surface area contributed by atoms with E-state index in [9.17, 15) is 13.6 Å². The van der Waals surface area contributed by atoms with Gasteiger partial charge in [-0.15, -0.1) is 0 Å². The van der Waals surface area contributed by atoms with Crippen LogP contribution in [0.3, 0.4) is 0 Å². The number of carbonyl (C=O) groups is 1. The van der Waals surface area contributed by atoms with E-state index < -0.39 is 11.7 Å². The van der Waals surface area contributed by atoms with Crippen LogP contribution in [-0.2, 0) is 0 Å². The van der Waals surface area contributed by atoms with Crippen molar-refractivity contribution in [1.82, 2.24) is 10.3 Å². The van der Waals surface area contributed by atoms with Gasteiger partial charge in [-0.2, -0.15) is 0 Å². The second kappa shape index (κ2) is 7.71. The van der Waals surface area contributed by atoms with Gasteiger partial charge in [-0.3, -0.25) is 4.79 Å². The fraction of sp³-hybridized carbons (Fsp3) is 0.300. The van der Waals surface area contributed by atoms with Crippen LogP contribution in [-0.4, -0.2) is 30.1 Å². The molecular weight excluding hydrogens is 384 g/mol. The second-order valence-corrected chi connectivity index (χ2v) is 7.74. The molecule has 2 N–H and O–H groups in total. The molecule has 3 aromatic rings. The van der Waals surface area contributed by atoms with Gasteiger partial charge in [0.15, 0.2) is 5.13 Å². The predicted octanol–water partition coefficient (Wildman–Crippen LogP) is 4.35. The number of halogens is 2. The summed E-state index contributed by atoms with van der Waals surface area (Å²) in [4.78, 5) is 17.1. The van der Waals surface area contributed by atoms with E-state index >= 15 is 0 Å². The number of anilines is 1. The number of hydrogen-bond acceptors (Lipinski definition) is 5. The zero-order chi connectivity index (χ0) is 19.7. The van der Waals surface area contributed by atoms with Crippen molar-refractivity contribution in [3.63, 3.8) is 0 Å². The number of carbonyl (C=O) groups excluding carboxylic acids is 1. The highest BCUT2D eigenvalue weighted by Gasteiger charge is 2.31. The Kier molecular flexibility index (Phi) is 5.13. The Bertz CT molecular complexity index is 1020. The number of aromatic nitrogens is 1. The van der Waals surface area contributed by atoms with Crippen molar-refractivity contribution < 1.29 is 18.3 Å². The summed E-state index contributed by atoms with van der Waals surface area (Å²) in [5, 5.41) is 6.94. The first kappa shape index (κ1) is 18.6. The predicted molar refractivity (Wildman–Crippen MR) is 105 cm³/mol. The van der Waals surface area contributed by atoms with Crippen LogP contribution in [0, 0.1) is 11.6 Å². The highest BCUT2D eigenvalue weighted by atomic mass is 32.1. The summed E-state index contributed by atoms with van der Waals surface area (Å²) < 4.78 is 33.4. The molecule has 1 aliphatic carbocycles. The maximum atomic E-state index is 14.2. The van der Waals surface area contributed by atoms with Crippen molar-refractivity contribution >= 4 is 32.6 Å². The Balaban J connectivity index is 1.50. The van der Waals surface area contributed by atoms with Gasteiger partial charge in [0.05, 0.1) is 17.3 Å². The summed E-state index contributed by atoms with van der Waals surface area (Å²) in [5.41, 5.74) is 0.634. The quantitative estimate of drug-likeness (QED) is 0.665. The first-order valence-electron chi connectivity index (χ1n) is 9.01. The van der Waals surface area contributed by atoms with Gasteiger partial charge in [0, 0.05) is 12.1 Å². The molecule has 0 aliphatic heterocycles. The third-order valence-electron chi connectivity index (χ3n) is 4.91. The summed E-state index contributed by atoms with van der Waals surface area (Å²) in [6.45, 7) is 0. The van der Waals surface area contributed by atoms with Gasteiger partial charge in [0.2, 0.25) is 0 Å². The molecule has 0 saturated heterocycles. The zero-order valence-electron chi connectivity index (χ0n) is 15.2. The third-order valence-corrected chi connectivity index (χ3v) is 5.86. The number of rotatable bonds is 5. The summed E-state index contributed by atoms with van der Waals surface area (Å²) >= 11 is 1.37. The Hall–Kier alpha value is -2.74. The molecule has 146 valence electrons. The van der Waals surface area contributed by atoms with E-state index in [1.807, 2.05) is 0 Å². The molecule has 0 unspecified atom stereocenters. The molecule has 1 amide bonds. The third kappa shape index (κ3) is 3.64. The van der Waals surface area contributed by atoms with Crippen LogP contribution >= 0.6 is 11.3 Å². The SMILES string of the molecule is COc1cccc(F)c1C(=O)N[C@H]1CCC[C@H]1Nc1nc2ccc(F)cc2s1. The summed E-state index contributed by atoms with van der Waals surface area (Å²) in [7, 11) is 1.40. The monoisotopic (exact) mass is 403 g/mol. The molecular formula is C20H19F2N3O2S. The molecule has 0 radical (unpaired) electrons. The number of nitrogens with zero attached hydrogens (tertiary/aromatic N) is 1. The van der Waals surface area contributed by atoms with E-state index in [2.05, 4.69) is 15.6 Å². The summed E-state index contributed by atoms with van der Waals surface area (Å²) in [6, 6.07) is 8.58. The number of hydrogen-bond donors (Lipinski definition) is 2. The van der Waals surface area contributed by atoms with Gasteiger partial charge in [-0.25, -0.2) is 13.8 Å². The lowest BCUT2D eigenvalue weighted by molar-refractivity contribution is 0.0928. The maximum absolute atomic E-state index is 14.2. The van der Waals surface area contributed by atoms with Crippen molar-refractivity contribution in [1.29, 1.82) is 0 Å². The van der Waals surface area contributed by atoms with Crippen LogP contribution in [0.4, 0.5) is 13.9 Å². The normalized spacial score (nSPS) is 19.0. The van der Waals surface area contributed by atoms with E-state index in [0.29, 0.717) is 5.13 Å². The molecule has 1 heterocycles. The van der Waals surface area contributed by atoms with E-state index in [4.69, 9.17) is 4.74 Å². The van der Waals surface area contributed by atoms with Gasteiger partial charge < -0.3 is 15.4 Å². The average molecular weight is 403 g/mol. The standard InChI is InChI=1S/C20H19F2N3O2S/c1-27-16-7-2-4-12(22)18(16)19(26)23-13-5-3-6-14(13)24-20-25-15-9-8-11(21)10-17(15)28-20/h2,4,7-10,13-14H,3,5-6H2,1H3,(H,23,26)(H,24,25)/t13-,14+/m0/s1. The van der Waals surface area contributed by atoms with Crippen molar-refractivity contribution in [2.45, 2.75) is 31.3 Å². The van der Waals surface area contributed by atoms with Crippen LogP contribution in [0.25, 0.3) is 10.2 Å².